The molecule has 2 aromatic carbocycles. The number of benzene rings is 2. The molecule has 0 spiro atoms. The number of hydrogen-bond acceptors (Lipinski definition) is 5. The number of carbonyl (C=O) groups is 4. The fourth-order valence-corrected chi connectivity index (χ4v) is 4.69. The number of rotatable bonds is 10. The number of amides is 3. The lowest BCUT2D eigenvalue weighted by Crippen LogP contribution is -2.62. The molecule has 0 unspecified atom stereocenters. The lowest BCUT2D eigenvalue weighted by Gasteiger charge is -2.32. The first-order chi connectivity index (χ1) is 18.4. The highest BCUT2D eigenvalue weighted by atomic mass is 16.6. The van der Waals surface area contributed by atoms with E-state index in [-0.39, 0.29) is 18.4 Å². The van der Waals surface area contributed by atoms with E-state index in [1.165, 1.54) is 6.92 Å². The molecular formula is C31H41N3O5. The Hall–Kier alpha value is -3.68. The van der Waals surface area contributed by atoms with Gasteiger partial charge in [0.1, 0.15) is 17.2 Å². The highest BCUT2D eigenvalue weighted by Gasteiger charge is 2.41. The molecule has 39 heavy (non-hydrogen) atoms. The Kier molecular flexibility index (Phi) is 10.3. The Morgan fingerprint density at radius 3 is 2.05 bits per heavy atom. The van der Waals surface area contributed by atoms with Crippen molar-refractivity contribution in [2.24, 2.45) is 0 Å². The van der Waals surface area contributed by atoms with Crippen LogP contribution in [0.3, 0.4) is 0 Å². The van der Waals surface area contributed by atoms with Crippen molar-refractivity contribution >= 4 is 23.7 Å². The zero-order chi connectivity index (χ0) is 28.5. The minimum Gasteiger partial charge on any atom is -0.460 e. The predicted molar refractivity (Wildman–Crippen MR) is 150 cm³/mol. The second-order valence-corrected chi connectivity index (χ2v) is 11.5. The van der Waals surface area contributed by atoms with Gasteiger partial charge in [0.15, 0.2) is 0 Å². The molecule has 0 saturated heterocycles. The van der Waals surface area contributed by atoms with Gasteiger partial charge in [-0.05, 0) is 58.2 Å². The van der Waals surface area contributed by atoms with E-state index in [9.17, 15) is 19.2 Å². The van der Waals surface area contributed by atoms with Crippen molar-refractivity contribution < 1.29 is 23.9 Å². The Morgan fingerprint density at radius 2 is 1.46 bits per heavy atom. The van der Waals surface area contributed by atoms with Gasteiger partial charge in [-0.1, -0.05) is 67.8 Å². The first kappa shape index (κ1) is 29.9. The molecule has 1 saturated carbocycles. The maximum atomic E-state index is 13.8. The van der Waals surface area contributed by atoms with Gasteiger partial charge in [0.2, 0.25) is 11.8 Å². The van der Waals surface area contributed by atoms with Crippen LogP contribution in [0.4, 0.5) is 0 Å². The molecule has 210 valence electrons. The number of nitrogens with one attached hydrogen (secondary N) is 3. The van der Waals surface area contributed by atoms with Crippen LogP contribution < -0.4 is 16.0 Å². The van der Waals surface area contributed by atoms with Crippen LogP contribution in [0.2, 0.25) is 0 Å². The van der Waals surface area contributed by atoms with Gasteiger partial charge in [0.05, 0.1) is 6.42 Å². The second kappa shape index (κ2) is 13.4. The van der Waals surface area contributed by atoms with Gasteiger partial charge in [0, 0.05) is 18.0 Å². The molecule has 1 aliphatic carbocycles. The van der Waals surface area contributed by atoms with E-state index in [2.05, 4.69) is 16.0 Å². The summed E-state index contributed by atoms with van der Waals surface area (Å²) in [6, 6.07) is 17.0. The topological polar surface area (TPSA) is 114 Å². The molecule has 1 fully saturated rings. The van der Waals surface area contributed by atoms with Gasteiger partial charge in [-0.2, -0.15) is 0 Å². The van der Waals surface area contributed by atoms with Gasteiger partial charge >= 0.3 is 5.97 Å². The summed E-state index contributed by atoms with van der Waals surface area (Å²) in [5.41, 5.74) is -1.22. The molecule has 0 radical (unpaired) electrons. The smallest absolute Gasteiger partial charge is 0.309 e. The molecule has 3 rings (SSSR count). The molecule has 2 aromatic rings. The van der Waals surface area contributed by atoms with Crippen LogP contribution in [0.5, 0.6) is 0 Å². The summed E-state index contributed by atoms with van der Waals surface area (Å²) < 4.78 is 5.47. The molecule has 0 aliphatic heterocycles. The van der Waals surface area contributed by atoms with Gasteiger partial charge in [-0.3, -0.25) is 19.2 Å². The Bertz CT molecular complexity index is 1120. The molecule has 2 atom stereocenters. The molecule has 3 N–H and O–H groups in total. The summed E-state index contributed by atoms with van der Waals surface area (Å²) >= 11 is 0. The van der Waals surface area contributed by atoms with Gasteiger partial charge in [-0.15, -0.1) is 0 Å². The highest BCUT2D eigenvalue weighted by molar-refractivity contribution is 6.01. The fourth-order valence-electron chi connectivity index (χ4n) is 4.69. The number of carbonyl (C=O) groups excluding carboxylic acids is 4. The molecule has 0 bridgehead atoms. The van der Waals surface area contributed by atoms with Crippen molar-refractivity contribution in [2.75, 3.05) is 0 Å². The molecular weight excluding hydrogens is 494 g/mol. The number of hydrogen-bond donors (Lipinski definition) is 3. The van der Waals surface area contributed by atoms with Crippen molar-refractivity contribution in [3.8, 4) is 0 Å². The van der Waals surface area contributed by atoms with Crippen LogP contribution >= 0.6 is 0 Å². The van der Waals surface area contributed by atoms with Crippen LogP contribution in [0.1, 0.15) is 82.1 Å². The van der Waals surface area contributed by atoms with E-state index in [4.69, 9.17) is 4.74 Å². The zero-order valence-corrected chi connectivity index (χ0v) is 23.4. The lowest BCUT2D eigenvalue weighted by atomic mass is 9.93. The molecule has 8 nitrogen and oxygen atoms in total. The van der Waals surface area contributed by atoms with Gasteiger partial charge in [-0.25, -0.2) is 0 Å². The van der Waals surface area contributed by atoms with E-state index in [0.29, 0.717) is 5.56 Å². The molecule has 0 heterocycles. The summed E-state index contributed by atoms with van der Waals surface area (Å²) in [5, 5.41) is 8.68. The van der Waals surface area contributed by atoms with E-state index in [0.717, 1.165) is 37.7 Å². The maximum absolute atomic E-state index is 13.8. The largest absolute Gasteiger partial charge is 0.460 e. The van der Waals surface area contributed by atoms with E-state index in [1.807, 2.05) is 30.3 Å². The normalized spacial score (nSPS) is 16.3. The van der Waals surface area contributed by atoms with Crippen LogP contribution in [-0.4, -0.2) is 46.9 Å². The van der Waals surface area contributed by atoms with E-state index < -0.39 is 41.4 Å². The SMILES string of the molecule is CC(C)(C)OC(=O)C[C@@](C)(NC(=O)c1ccccc1)C(=O)N[C@@H](Cc1ccccc1)C(=O)NC1CCCCC1. The monoisotopic (exact) mass is 535 g/mol. The third kappa shape index (κ3) is 9.53. The number of ether oxygens (including phenoxy) is 1. The van der Waals surface area contributed by atoms with E-state index in [1.54, 1.807) is 51.1 Å². The average molecular weight is 536 g/mol. The third-order valence-electron chi connectivity index (χ3n) is 6.70. The van der Waals surface area contributed by atoms with Gasteiger partial charge in [0.25, 0.3) is 5.91 Å². The Labute approximate surface area is 231 Å². The molecule has 1 aliphatic rings. The summed E-state index contributed by atoms with van der Waals surface area (Å²) in [4.78, 5) is 53.2. The minimum absolute atomic E-state index is 0.0624. The third-order valence-corrected chi connectivity index (χ3v) is 6.70. The summed E-state index contributed by atoms with van der Waals surface area (Å²) in [7, 11) is 0. The first-order valence-electron chi connectivity index (χ1n) is 13.7. The standard InChI is InChI=1S/C31H41N3O5/c1-30(2,3)39-26(35)21-31(4,34-27(36)23-16-10-6-11-17-23)29(38)33-25(20-22-14-8-5-9-15-22)28(37)32-24-18-12-7-13-19-24/h5-6,8-11,14-17,24-25H,7,12-13,18-21H2,1-4H3,(H,32,37)(H,33,38)(H,34,36)/t25-,31+/m0/s1. The first-order valence-corrected chi connectivity index (χ1v) is 13.7. The van der Waals surface area contributed by atoms with Crippen LogP contribution in [-0.2, 0) is 25.5 Å². The molecule has 3 amide bonds. The molecule has 0 aromatic heterocycles. The van der Waals surface area contributed by atoms with Crippen LogP contribution in [0.25, 0.3) is 0 Å². The molecule has 8 heteroatoms. The Morgan fingerprint density at radius 1 is 0.872 bits per heavy atom. The highest BCUT2D eigenvalue weighted by Crippen LogP contribution is 2.20. The summed E-state index contributed by atoms with van der Waals surface area (Å²) in [5.74, 6) is -2.08. The van der Waals surface area contributed by atoms with Crippen molar-refractivity contribution in [3.63, 3.8) is 0 Å². The lowest BCUT2D eigenvalue weighted by molar-refractivity contribution is -0.158. The van der Waals surface area contributed by atoms with Crippen molar-refractivity contribution in [1.29, 1.82) is 0 Å². The van der Waals surface area contributed by atoms with Crippen LogP contribution in [0, 0.1) is 0 Å². The van der Waals surface area contributed by atoms with Crippen molar-refractivity contribution in [1.82, 2.24) is 16.0 Å². The minimum atomic E-state index is -1.67. The van der Waals surface area contributed by atoms with E-state index >= 15 is 0 Å². The second-order valence-electron chi connectivity index (χ2n) is 11.5. The summed E-state index contributed by atoms with van der Waals surface area (Å²) in [6.45, 7) is 6.68. The summed E-state index contributed by atoms with van der Waals surface area (Å²) in [6.07, 6.45) is 4.93. The predicted octanol–water partition coefficient (Wildman–Crippen LogP) is 4.08. The zero-order valence-electron chi connectivity index (χ0n) is 23.4. The Balaban J connectivity index is 1.85. The van der Waals surface area contributed by atoms with Gasteiger partial charge < -0.3 is 20.7 Å². The average Bonchev–Trinajstić information content (AvgIpc) is 2.88. The number of esters is 1. The maximum Gasteiger partial charge on any atom is 0.309 e. The fraction of sp³-hybridized carbons (Fsp3) is 0.484. The van der Waals surface area contributed by atoms with Crippen molar-refractivity contribution in [3.05, 3.63) is 71.8 Å². The quantitative estimate of drug-likeness (QED) is 0.397. The van der Waals surface area contributed by atoms with Crippen LogP contribution in [0.15, 0.2) is 60.7 Å². The van der Waals surface area contributed by atoms with Crippen molar-refractivity contribution in [2.45, 2.75) is 95.9 Å².